The van der Waals surface area contributed by atoms with Crippen LogP contribution in [-0.2, 0) is 19.2 Å². The summed E-state index contributed by atoms with van der Waals surface area (Å²) in [4.78, 5) is 59.7. The summed E-state index contributed by atoms with van der Waals surface area (Å²) in [6.45, 7) is 3.37. The molecule has 3 atom stereocenters. The molecule has 0 radical (unpaired) electrons. The van der Waals surface area contributed by atoms with Gasteiger partial charge >= 0.3 is 5.97 Å². The van der Waals surface area contributed by atoms with Gasteiger partial charge in [-0.25, -0.2) is 4.98 Å². The third-order valence-corrected chi connectivity index (χ3v) is 6.34. The smallest absolute Gasteiger partial charge is 0.305 e. The van der Waals surface area contributed by atoms with Crippen LogP contribution in [0.5, 0.6) is 5.75 Å². The number of aromatic nitrogens is 1. The van der Waals surface area contributed by atoms with Gasteiger partial charge in [0.1, 0.15) is 24.1 Å². The van der Waals surface area contributed by atoms with Gasteiger partial charge in [0, 0.05) is 11.8 Å². The van der Waals surface area contributed by atoms with Crippen molar-refractivity contribution in [1.82, 2.24) is 15.6 Å². The fourth-order valence-corrected chi connectivity index (χ4v) is 4.22. The highest BCUT2D eigenvalue weighted by Crippen LogP contribution is 2.19. The van der Waals surface area contributed by atoms with Gasteiger partial charge in [-0.2, -0.15) is 0 Å². The lowest BCUT2D eigenvalue weighted by molar-refractivity contribution is -0.141. The van der Waals surface area contributed by atoms with Crippen molar-refractivity contribution in [1.29, 1.82) is 0 Å². The zero-order chi connectivity index (χ0) is 28.6. The minimum atomic E-state index is -1.32. The summed E-state index contributed by atoms with van der Waals surface area (Å²) < 4.78 is 5.42. The molecule has 0 bridgehead atoms. The maximum absolute atomic E-state index is 13.0. The Balaban J connectivity index is 1.37. The molecule has 1 aromatic heterocycles. The summed E-state index contributed by atoms with van der Waals surface area (Å²) in [5.41, 5.74) is 1.37. The number of pyridine rings is 1. The molecule has 0 aliphatic carbocycles. The molecule has 1 aliphatic heterocycles. The number of ketones is 1. The number of nitrogens with zero attached hydrogens (tertiary/aromatic N) is 2. The quantitative estimate of drug-likeness (QED) is 0.313. The van der Waals surface area contributed by atoms with Crippen molar-refractivity contribution in [3.63, 3.8) is 0 Å². The molecule has 0 saturated carbocycles. The molecule has 2 heterocycles. The number of carboxylic acid groups (broad SMARTS) is 1. The van der Waals surface area contributed by atoms with Crippen LogP contribution < -0.4 is 15.4 Å². The summed E-state index contributed by atoms with van der Waals surface area (Å²) in [5, 5.41) is 19.6. The molecule has 3 N–H and O–H groups in total. The monoisotopic (exact) mass is 546 g/mol. The molecule has 4 rings (SSSR count). The molecule has 208 valence electrons. The van der Waals surface area contributed by atoms with Crippen molar-refractivity contribution < 1.29 is 33.9 Å². The normalized spacial score (nSPS) is 16.0. The SMILES string of the molecule is CC(C)C(NC(=O)c1ccc2ccccc2n1)C1=NOC(C(=O)N[C@@H](CC(=O)O)C(=O)COc2ccccc2)C1. The Morgan fingerprint density at radius 1 is 1.00 bits per heavy atom. The lowest BCUT2D eigenvalue weighted by Gasteiger charge is -2.22. The van der Waals surface area contributed by atoms with Gasteiger partial charge in [0.15, 0.2) is 5.78 Å². The number of nitrogens with one attached hydrogen (secondary N) is 2. The standard InChI is InChI=1S/C29H30N4O7/c1-17(2)27(32-28(37)21-13-12-18-8-6-7-11-20(18)30-21)23-14-25(40-33-23)29(38)31-22(15-26(35)36)24(34)16-39-19-9-4-3-5-10-19/h3-13,17,22,25,27H,14-16H2,1-2H3,(H,31,38)(H,32,37)(H,35,36)/t22-,25?,27?/m0/s1. The first-order valence-electron chi connectivity index (χ1n) is 12.8. The van der Waals surface area contributed by atoms with Crippen molar-refractivity contribution in [2.24, 2.45) is 11.1 Å². The average Bonchev–Trinajstić information content (AvgIpc) is 3.44. The van der Waals surface area contributed by atoms with E-state index in [-0.39, 0.29) is 18.0 Å². The van der Waals surface area contributed by atoms with Gasteiger partial charge in [0.25, 0.3) is 11.8 Å². The van der Waals surface area contributed by atoms with Crippen LogP contribution in [0.1, 0.15) is 37.2 Å². The molecule has 3 aromatic rings. The van der Waals surface area contributed by atoms with Gasteiger partial charge in [-0.3, -0.25) is 19.2 Å². The molecule has 11 nitrogen and oxygen atoms in total. The highest BCUT2D eigenvalue weighted by atomic mass is 16.6. The summed E-state index contributed by atoms with van der Waals surface area (Å²) >= 11 is 0. The van der Waals surface area contributed by atoms with Crippen LogP contribution in [-0.4, -0.2) is 64.2 Å². The van der Waals surface area contributed by atoms with Crippen molar-refractivity contribution in [2.45, 2.75) is 44.9 Å². The minimum Gasteiger partial charge on any atom is -0.486 e. The molecular weight excluding hydrogens is 516 g/mol. The first-order valence-corrected chi connectivity index (χ1v) is 12.8. The second-order valence-electron chi connectivity index (χ2n) is 9.69. The van der Waals surface area contributed by atoms with E-state index >= 15 is 0 Å². The first-order chi connectivity index (χ1) is 19.2. The molecule has 0 spiro atoms. The number of oxime groups is 1. The number of hydrogen-bond donors (Lipinski definition) is 3. The van der Waals surface area contributed by atoms with E-state index in [4.69, 9.17) is 9.57 Å². The Bertz CT molecular complexity index is 1420. The van der Waals surface area contributed by atoms with Crippen LogP contribution >= 0.6 is 0 Å². The average molecular weight is 547 g/mol. The maximum atomic E-state index is 13.0. The Labute approximate surface area is 230 Å². The van der Waals surface area contributed by atoms with E-state index in [1.54, 1.807) is 36.4 Å². The van der Waals surface area contributed by atoms with Gasteiger partial charge in [0.2, 0.25) is 6.10 Å². The van der Waals surface area contributed by atoms with Gasteiger partial charge in [0.05, 0.1) is 23.7 Å². The molecule has 40 heavy (non-hydrogen) atoms. The van der Waals surface area contributed by atoms with E-state index in [1.165, 1.54) is 0 Å². The zero-order valence-electron chi connectivity index (χ0n) is 22.1. The Hall–Kier alpha value is -4.80. The summed E-state index contributed by atoms with van der Waals surface area (Å²) in [6.07, 6.45) is -1.66. The molecule has 1 aliphatic rings. The first kappa shape index (κ1) is 28.2. The summed E-state index contributed by atoms with van der Waals surface area (Å²) in [7, 11) is 0. The second kappa shape index (κ2) is 12.8. The van der Waals surface area contributed by atoms with Crippen LogP contribution in [0.15, 0.2) is 71.9 Å². The predicted octanol–water partition coefficient (Wildman–Crippen LogP) is 2.74. The van der Waals surface area contributed by atoms with E-state index in [9.17, 15) is 24.3 Å². The van der Waals surface area contributed by atoms with Crippen molar-refractivity contribution in [3.8, 4) is 5.75 Å². The van der Waals surface area contributed by atoms with Crippen molar-refractivity contribution in [3.05, 3.63) is 72.4 Å². The molecule has 0 saturated heterocycles. The van der Waals surface area contributed by atoms with Gasteiger partial charge in [-0.1, -0.05) is 61.5 Å². The van der Waals surface area contributed by atoms with Gasteiger partial charge in [-0.15, -0.1) is 0 Å². The highest BCUT2D eigenvalue weighted by molar-refractivity contribution is 6.02. The minimum absolute atomic E-state index is 0.0502. The van der Waals surface area contributed by atoms with Crippen molar-refractivity contribution >= 4 is 40.2 Å². The lowest BCUT2D eigenvalue weighted by Crippen LogP contribution is -2.49. The molecule has 2 aromatic carbocycles. The Morgan fingerprint density at radius 3 is 2.45 bits per heavy atom. The number of rotatable bonds is 12. The molecular formula is C29H30N4O7. The fraction of sp³-hybridized carbons (Fsp3) is 0.310. The van der Waals surface area contributed by atoms with Crippen LogP contribution in [0.3, 0.4) is 0 Å². The van der Waals surface area contributed by atoms with Crippen LogP contribution in [0.2, 0.25) is 0 Å². The van der Waals surface area contributed by atoms with Gasteiger partial charge < -0.3 is 25.3 Å². The number of benzene rings is 2. The van der Waals surface area contributed by atoms with Crippen LogP contribution in [0, 0.1) is 5.92 Å². The lowest BCUT2D eigenvalue weighted by atomic mass is 9.95. The number of Topliss-reactive ketones (excluding diaryl/α,β-unsaturated/α-hetero) is 1. The van der Waals surface area contributed by atoms with E-state index < -0.39 is 54.8 Å². The number of ether oxygens (including phenoxy) is 1. The van der Waals surface area contributed by atoms with Gasteiger partial charge in [-0.05, 0) is 30.2 Å². The topological polar surface area (TPSA) is 156 Å². The van der Waals surface area contributed by atoms with Crippen molar-refractivity contribution in [2.75, 3.05) is 6.61 Å². The number of aliphatic carboxylic acids is 1. The van der Waals surface area contributed by atoms with E-state index in [1.807, 2.05) is 44.2 Å². The molecule has 2 amide bonds. The van der Waals surface area contributed by atoms with Crippen LogP contribution in [0.25, 0.3) is 10.9 Å². The third kappa shape index (κ3) is 7.19. The second-order valence-corrected chi connectivity index (χ2v) is 9.69. The number of carbonyl (C=O) groups is 4. The number of amides is 2. The Kier molecular flexibility index (Phi) is 9.05. The number of para-hydroxylation sites is 2. The molecule has 11 heteroatoms. The summed E-state index contributed by atoms with van der Waals surface area (Å²) in [5.74, 6) is -2.60. The van der Waals surface area contributed by atoms with E-state index in [2.05, 4.69) is 20.8 Å². The number of carbonyl (C=O) groups excluding carboxylic acids is 3. The summed E-state index contributed by atoms with van der Waals surface area (Å²) in [6, 6.07) is 17.6. The van der Waals surface area contributed by atoms with E-state index in [0.717, 1.165) is 5.39 Å². The van der Waals surface area contributed by atoms with E-state index in [0.29, 0.717) is 17.0 Å². The zero-order valence-corrected chi connectivity index (χ0v) is 22.1. The number of fused-ring (bicyclic) bond motifs is 1. The number of carboxylic acids is 1. The number of hydrogen-bond acceptors (Lipinski definition) is 8. The molecule has 0 fully saturated rings. The molecule has 2 unspecified atom stereocenters. The largest absolute Gasteiger partial charge is 0.486 e. The Morgan fingerprint density at radius 2 is 1.73 bits per heavy atom. The maximum Gasteiger partial charge on any atom is 0.305 e. The predicted molar refractivity (Wildman–Crippen MR) is 146 cm³/mol. The highest BCUT2D eigenvalue weighted by Gasteiger charge is 2.36. The third-order valence-electron chi connectivity index (χ3n) is 6.34. The van der Waals surface area contributed by atoms with Crippen LogP contribution in [0.4, 0.5) is 0 Å². The fourth-order valence-electron chi connectivity index (χ4n) is 4.22.